The molecule has 0 unspecified atom stereocenters. The lowest BCUT2D eigenvalue weighted by Gasteiger charge is -2.34. The van der Waals surface area contributed by atoms with Crippen molar-refractivity contribution in [2.75, 3.05) is 26.2 Å². The van der Waals surface area contributed by atoms with Crippen LogP contribution in [0.5, 0.6) is 0 Å². The Kier molecular flexibility index (Phi) is 6.32. The third-order valence-electron chi connectivity index (χ3n) is 4.64. The van der Waals surface area contributed by atoms with Gasteiger partial charge in [0.15, 0.2) is 0 Å². The largest absolute Gasteiger partial charge is 0.341 e. The van der Waals surface area contributed by atoms with Crippen LogP contribution in [-0.2, 0) is 16.4 Å². The number of amides is 1. The van der Waals surface area contributed by atoms with E-state index in [1.165, 1.54) is 12.1 Å². The molecule has 0 N–H and O–H groups in total. The molecule has 1 amide bonds. The van der Waals surface area contributed by atoms with Gasteiger partial charge >= 0.3 is 5.76 Å². The molecule has 0 radical (unpaired) electrons. The summed E-state index contributed by atoms with van der Waals surface area (Å²) >= 11 is 5.85. The lowest BCUT2D eigenvalue weighted by molar-refractivity contribution is 0.0628. The van der Waals surface area contributed by atoms with Gasteiger partial charge < -0.3 is 4.90 Å². The summed E-state index contributed by atoms with van der Waals surface area (Å²) in [6.07, 6.45) is 0. The zero-order chi connectivity index (χ0) is 20.3. The third-order valence-corrected chi connectivity index (χ3v) is 6.29. The van der Waals surface area contributed by atoms with Crippen molar-refractivity contribution in [1.82, 2.24) is 9.80 Å². The Bertz CT molecular complexity index is 927. The number of carbonyl (C=O) groups excluding carboxylic acids is 1. The van der Waals surface area contributed by atoms with E-state index < -0.39 is 15.6 Å². The monoisotopic (exact) mass is 428 g/mol. The lowest BCUT2D eigenvalue weighted by Crippen LogP contribution is -2.48. The summed E-state index contributed by atoms with van der Waals surface area (Å²) in [6.45, 7) is 3.02. The van der Waals surface area contributed by atoms with Gasteiger partial charge in [-0.2, -0.15) is 8.78 Å². The molecule has 150 valence electrons. The Labute approximate surface area is 167 Å². The molecule has 1 fully saturated rings. The maximum atomic E-state index is 12.6. The summed E-state index contributed by atoms with van der Waals surface area (Å²) in [5.41, 5.74) is 1.42. The van der Waals surface area contributed by atoms with Crippen molar-refractivity contribution in [3.63, 3.8) is 0 Å². The summed E-state index contributed by atoms with van der Waals surface area (Å²) in [5.74, 6) is -3.47. The summed E-state index contributed by atoms with van der Waals surface area (Å²) in [7, 11) is -4.57. The molecule has 0 aliphatic carbocycles. The van der Waals surface area contributed by atoms with E-state index in [-0.39, 0.29) is 10.8 Å². The van der Waals surface area contributed by atoms with E-state index in [4.69, 9.17) is 11.6 Å². The molecule has 2 aromatic carbocycles. The molecule has 0 atom stereocenters. The van der Waals surface area contributed by atoms with Gasteiger partial charge in [-0.15, -0.1) is 0 Å². The highest BCUT2D eigenvalue weighted by atomic mass is 35.5. The smallest absolute Gasteiger partial charge is 0.336 e. The normalized spacial score (nSPS) is 15.8. The van der Waals surface area contributed by atoms with Crippen LogP contribution in [-0.4, -0.2) is 56.1 Å². The fraction of sp³-hybridized carbons (Fsp3) is 0.316. The highest BCUT2D eigenvalue weighted by Crippen LogP contribution is 2.20. The molecule has 1 heterocycles. The SMILES string of the molecule is O=C(c1ccc(Cl)cc1)N1CCN(Cc2ccc(S(=O)(=O)C(F)F)cc2)CC1. The van der Waals surface area contributed by atoms with Crippen molar-refractivity contribution in [2.24, 2.45) is 0 Å². The highest BCUT2D eigenvalue weighted by Gasteiger charge is 2.26. The second-order valence-electron chi connectivity index (χ2n) is 6.52. The average Bonchev–Trinajstić information content (AvgIpc) is 2.69. The van der Waals surface area contributed by atoms with Crippen LogP contribution in [0.1, 0.15) is 15.9 Å². The molecule has 1 saturated heterocycles. The molecule has 5 nitrogen and oxygen atoms in total. The minimum absolute atomic E-state index is 0.0436. The van der Waals surface area contributed by atoms with Crippen LogP contribution in [0.3, 0.4) is 0 Å². The van der Waals surface area contributed by atoms with E-state index in [9.17, 15) is 22.0 Å². The summed E-state index contributed by atoms with van der Waals surface area (Å²) in [5, 5.41) is 0.578. The number of rotatable bonds is 5. The fourth-order valence-corrected chi connectivity index (χ4v) is 3.88. The second-order valence-corrected chi connectivity index (χ2v) is 8.88. The van der Waals surface area contributed by atoms with Gasteiger partial charge in [0.2, 0.25) is 9.84 Å². The molecule has 2 aromatic rings. The first-order chi connectivity index (χ1) is 13.3. The van der Waals surface area contributed by atoms with Crippen molar-refractivity contribution < 1.29 is 22.0 Å². The predicted octanol–water partition coefficient (Wildman–Crippen LogP) is 3.29. The standard InChI is InChI=1S/C19H19ClF2N2O3S/c20-16-5-3-15(4-6-16)18(25)24-11-9-23(10-12-24)13-14-1-7-17(8-2-14)28(26,27)19(21)22/h1-8,19H,9-13H2. The molecular formula is C19H19ClF2N2O3S. The van der Waals surface area contributed by atoms with Crippen LogP contribution in [0.4, 0.5) is 8.78 Å². The molecule has 0 aromatic heterocycles. The Morgan fingerprint density at radius 1 is 0.964 bits per heavy atom. The lowest BCUT2D eigenvalue weighted by atomic mass is 10.1. The zero-order valence-electron chi connectivity index (χ0n) is 14.9. The first-order valence-electron chi connectivity index (χ1n) is 8.65. The van der Waals surface area contributed by atoms with Gasteiger partial charge in [-0.1, -0.05) is 23.7 Å². The van der Waals surface area contributed by atoms with Gasteiger partial charge in [0, 0.05) is 43.3 Å². The van der Waals surface area contributed by atoms with Gasteiger partial charge in [-0.25, -0.2) is 8.42 Å². The molecule has 9 heteroatoms. The van der Waals surface area contributed by atoms with Crippen LogP contribution < -0.4 is 0 Å². The third kappa shape index (κ3) is 4.68. The first-order valence-corrected chi connectivity index (χ1v) is 10.6. The number of hydrogen-bond donors (Lipinski definition) is 0. The summed E-state index contributed by atoms with van der Waals surface area (Å²) < 4.78 is 48.1. The molecule has 1 aliphatic rings. The van der Waals surface area contributed by atoms with E-state index in [2.05, 4.69) is 4.90 Å². The van der Waals surface area contributed by atoms with Gasteiger partial charge in [0.05, 0.1) is 4.90 Å². The van der Waals surface area contributed by atoms with Gasteiger partial charge in [-0.3, -0.25) is 9.69 Å². The fourth-order valence-electron chi connectivity index (χ4n) is 3.03. The predicted molar refractivity (Wildman–Crippen MR) is 102 cm³/mol. The average molecular weight is 429 g/mol. The van der Waals surface area contributed by atoms with Crippen LogP contribution in [0.25, 0.3) is 0 Å². The van der Waals surface area contributed by atoms with Crippen molar-refractivity contribution in [2.45, 2.75) is 17.2 Å². The Morgan fingerprint density at radius 3 is 2.07 bits per heavy atom. The van der Waals surface area contributed by atoms with E-state index in [0.29, 0.717) is 43.3 Å². The molecule has 0 bridgehead atoms. The van der Waals surface area contributed by atoms with Crippen LogP contribution in [0.15, 0.2) is 53.4 Å². The zero-order valence-corrected chi connectivity index (χ0v) is 16.5. The van der Waals surface area contributed by atoms with Crippen molar-refractivity contribution >= 4 is 27.3 Å². The van der Waals surface area contributed by atoms with Crippen molar-refractivity contribution in [1.29, 1.82) is 0 Å². The van der Waals surface area contributed by atoms with E-state index in [1.807, 2.05) is 0 Å². The number of sulfone groups is 1. The Morgan fingerprint density at radius 2 is 1.54 bits per heavy atom. The quantitative estimate of drug-likeness (QED) is 0.733. The van der Waals surface area contributed by atoms with Crippen molar-refractivity contribution in [3.8, 4) is 0 Å². The summed E-state index contributed by atoms with van der Waals surface area (Å²) in [6, 6.07) is 12.3. The second kappa shape index (κ2) is 8.55. The van der Waals surface area contributed by atoms with E-state index in [0.717, 1.165) is 5.56 Å². The Balaban J connectivity index is 1.56. The van der Waals surface area contributed by atoms with Crippen LogP contribution in [0, 0.1) is 0 Å². The molecular weight excluding hydrogens is 410 g/mol. The number of alkyl halides is 2. The van der Waals surface area contributed by atoms with E-state index >= 15 is 0 Å². The molecule has 0 saturated carbocycles. The number of halogens is 3. The van der Waals surface area contributed by atoms with Gasteiger partial charge in [0.1, 0.15) is 0 Å². The van der Waals surface area contributed by atoms with Crippen LogP contribution in [0.2, 0.25) is 5.02 Å². The molecule has 1 aliphatic heterocycles. The molecule has 0 spiro atoms. The van der Waals surface area contributed by atoms with Gasteiger partial charge in [0.25, 0.3) is 5.91 Å². The minimum atomic E-state index is -4.57. The first kappa shape index (κ1) is 20.7. The Hall–Kier alpha value is -2.03. The topological polar surface area (TPSA) is 57.7 Å². The maximum absolute atomic E-state index is 12.6. The van der Waals surface area contributed by atoms with Crippen LogP contribution >= 0.6 is 11.6 Å². The number of carbonyl (C=O) groups is 1. The minimum Gasteiger partial charge on any atom is -0.336 e. The summed E-state index contributed by atoms with van der Waals surface area (Å²) in [4.78, 5) is 16.0. The van der Waals surface area contributed by atoms with E-state index in [1.54, 1.807) is 41.3 Å². The van der Waals surface area contributed by atoms with Gasteiger partial charge in [-0.05, 0) is 42.0 Å². The molecule has 3 rings (SSSR count). The maximum Gasteiger partial charge on any atom is 0.341 e. The highest BCUT2D eigenvalue weighted by molar-refractivity contribution is 7.91. The molecule has 28 heavy (non-hydrogen) atoms. The number of hydrogen-bond acceptors (Lipinski definition) is 4. The number of benzene rings is 2. The number of piperazine rings is 1. The van der Waals surface area contributed by atoms with Crippen molar-refractivity contribution in [3.05, 3.63) is 64.7 Å². The number of nitrogens with zero attached hydrogens (tertiary/aromatic N) is 2.